The van der Waals surface area contributed by atoms with Crippen LogP contribution < -0.4 is 48.5 Å². The molecule has 400 valence electrons. The minimum atomic E-state index is -1.62. The van der Waals surface area contributed by atoms with E-state index in [1.165, 1.54) is 17.0 Å². The molecule has 27 heteroatoms. The van der Waals surface area contributed by atoms with Crippen molar-refractivity contribution in [3.8, 4) is 0 Å². The van der Waals surface area contributed by atoms with Crippen LogP contribution in [0.4, 0.5) is 15.4 Å². The number of hydrogen-bond acceptors (Lipinski definition) is 14. The van der Waals surface area contributed by atoms with Crippen LogP contribution in [0, 0.1) is 5.92 Å². The number of carbonyl (C=O) groups excluding carboxylic acids is 6. The number of aromatic nitrogens is 1. The molecule has 0 aliphatic carbocycles. The second kappa shape index (κ2) is 29.0. The van der Waals surface area contributed by atoms with Crippen LogP contribution in [-0.2, 0) is 44.8 Å². The van der Waals surface area contributed by atoms with Crippen LogP contribution in [0.5, 0.6) is 0 Å². The third-order valence-electron chi connectivity index (χ3n) is 11.9. The molecule has 0 bridgehead atoms. The molecule has 0 saturated carbocycles. The minimum absolute atomic E-state index is 0.000995. The molecule has 1 saturated heterocycles. The molecule has 5 unspecified atom stereocenters. The molecule has 1 aromatic heterocycles. The Morgan fingerprint density at radius 3 is 1.84 bits per heavy atom. The maximum absolute atomic E-state index is 13.7. The number of nitrogens with zero attached hydrogens (tertiary/aromatic N) is 2. The summed E-state index contributed by atoms with van der Waals surface area (Å²) in [5.74, 6) is -4.77. The molecule has 27 nitrogen and oxygen atoms in total. The summed E-state index contributed by atoms with van der Waals surface area (Å²) in [6, 6.07) is 7.04. The molecule has 15 N–H and O–H groups in total. The number of carboxylic acid groups (broad SMARTS) is 5. The van der Waals surface area contributed by atoms with Crippen molar-refractivity contribution in [2.75, 3.05) is 31.6 Å². The zero-order valence-corrected chi connectivity index (χ0v) is 40.0. The molecule has 5 atom stereocenters. The fourth-order valence-electron chi connectivity index (χ4n) is 7.76. The average molecular weight is 1040 g/mol. The maximum atomic E-state index is 13.7. The molecule has 4 rings (SSSR count). The van der Waals surface area contributed by atoms with Crippen molar-refractivity contribution in [2.45, 2.75) is 101 Å². The second-order valence-corrected chi connectivity index (χ2v) is 17.4. The van der Waals surface area contributed by atoms with E-state index >= 15 is 0 Å². The lowest BCUT2D eigenvalue weighted by Crippen LogP contribution is -2.55. The molecule has 1 aliphatic heterocycles. The summed E-state index contributed by atoms with van der Waals surface area (Å²) in [5.41, 5.74) is 3.03. The Labute approximate surface area is 422 Å². The highest BCUT2D eigenvalue weighted by atomic mass is 16.4. The van der Waals surface area contributed by atoms with Crippen LogP contribution in [0.25, 0.3) is 10.8 Å². The molecule has 1 aliphatic rings. The zero-order chi connectivity index (χ0) is 54.3. The Balaban J connectivity index is 1.32. The Morgan fingerprint density at radius 2 is 1.24 bits per heavy atom. The summed E-state index contributed by atoms with van der Waals surface area (Å²) in [5, 5.41) is 65.7. The summed E-state index contributed by atoms with van der Waals surface area (Å²) in [6.45, 7) is 0.486. The first-order chi connectivity index (χ1) is 35.2. The number of aliphatic carboxylic acids is 5. The number of benzene rings is 2. The van der Waals surface area contributed by atoms with Gasteiger partial charge >= 0.3 is 41.9 Å². The molecule has 1 fully saturated rings. The van der Waals surface area contributed by atoms with Gasteiger partial charge in [0.2, 0.25) is 17.7 Å². The first kappa shape index (κ1) is 58.0. The highest BCUT2D eigenvalue weighted by molar-refractivity contribution is 5.99. The highest BCUT2D eigenvalue weighted by Crippen LogP contribution is 2.19. The number of hydrazine groups is 1. The van der Waals surface area contributed by atoms with Crippen LogP contribution in [0.1, 0.15) is 80.1 Å². The van der Waals surface area contributed by atoms with Crippen molar-refractivity contribution in [2.24, 2.45) is 11.8 Å². The molecule has 0 spiro atoms. The van der Waals surface area contributed by atoms with Crippen LogP contribution in [-0.4, -0.2) is 157 Å². The van der Waals surface area contributed by atoms with Gasteiger partial charge in [0.15, 0.2) is 0 Å². The van der Waals surface area contributed by atoms with Crippen molar-refractivity contribution in [3.05, 3.63) is 71.9 Å². The standard InChI is InChI=1S/C47H61N11O16/c48-57-36-13-10-30(25-50-36)40(65)52-31(11-14-37(59)60)43(68)53-35(23-39(63)64)42(67)51-24-26-16-19-58(20-17-26)47(74)56-34(22-27-8-9-28-5-1-2-6-29(28)21-27)41(66)49-18-4-3-7-32(44(69)70)54-46(73)55-33(45(71)72)12-15-38(61)62/h1-2,5-6,8-10,13,21,25-26,31-35H,3-4,7,11-12,14-20,22-24,48H2,(H,49,66)(H,50,57)(H,51,67)(H,52,65)(H,53,68)(H,56,74)(H,59,60)(H,61,62)(H,63,64)(H,69,70)(H,71,72)(H2,54,55,73). The van der Waals surface area contributed by atoms with Gasteiger partial charge in [-0.05, 0) is 79.3 Å². The van der Waals surface area contributed by atoms with E-state index < -0.39 is 128 Å². The van der Waals surface area contributed by atoms with E-state index in [-0.39, 0.29) is 69.2 Å². The smallest absolute Gasteiger partial charge is 0.326 e. The topological polar surface area (TPSA) is 427 Å². The van der Waals surface area contributed by atoms with Gasteiger partial charge in [0.1, 0.15) is 36.0 Å². The van der Waals surface area contributed by atoms with Gasteiger partial charge in [-0.1, -0.05) is 42.5 Å². The molecular weight excluding hydrogens is 975 g/mol. The lowest BCUT2D eigenvalue weighted by molar-refractivity contribution is -0.142. The van der Waals surface area contributed by atoms with Gasteiger partial charge in [-0.2, -0.15) is 0 Å². The van der Waals surface area contributed by atoms with Crippen LogP contribution in [0.15, 0.2) is 60.8 Å². The van der Waals surface area contributed by atoms with Gasteiger partial charge in [0.25, 0.3) is 5.91 Å². The number of anilines is 1. The lowest BCUT2D eigenvalue weighted by atomic mass is 9.96. The summed E-state index contributed by atoms with van der Waals surface area (Å²) >= 11 is 0. The lowest BCUT2D eigenvalue weighted by Gasteiger charge is -2.33. The number of urea groups is 2. The molecule has 0 radical (unpaired) electrons. The van der Waals surface area contributed by atoms with Gasteiger partial charge in [-0.3, -0.25) is 33.6 Å². The molecular formula is C47H61N11O16. The van der Waals surface area contributed by atoms with Crippen molar-refractivity contribution in [3.63, 3.8) is 0 Å². The normalized spacial score (nSPS) is 14.4. The monoisotopic (exact) mass is 1040 g/mol. The van der Waals surface area contributed by atoms with Crippen molar-refractivity contribution < 1.29 is 78.3 Å². The SMILES string of the molecule is NNc1ccc(C(=O)NC(CCC(=O)O)C(=O)NC(CC(=O)O)C(=O)NCC2CCN(C(=O)NC(Cc3ccc4ccccc4c3)C(=O)NCCCCC(NC(=O)NC(CCC(=O)O)C(=O)O)C(=O)O)CC2)cn1. The number of fused-ring (bicyclic) bond motifs is 1. The van der Waals surface area contributed by atoms with E-state index in [2.05, 4.69) is 47.6 Å². The van der Waals surface area contributed by atoms with Crippen LogP contribution in [0.3, 0.4) is 0 Å². The molecule has 74 heavy (non-hydrogen) atoms. The van der Waals surface area contributed by atoms with Crippen molar-refractivity contribution in [1.82, 2.24) is 47.1 Å². The number of hydrogen-bond donors (Lipinski definition) is 14. The predicted molar refractivity (Wildman–Crippen MR) is 260 cm³/mol. The van der Waals surface area contributed by atoms with E-state index in [4.69, 9.17) is 10.9 Å². The summed E-state index contributed by atoms with van der Waals surface area (Å²) in [7, 11) is 0. The molecule has 3 aromatic rings. The molecule has 2 heterocycles. The van der Waals surface area contributed by atoms with Crippen molar-refractivity contribution in [1.29, 1.82) is 0 Å². The van der Waals surface area contributed by atoms with E-state index in [1.54, 1.807) is 0 Å². The number of rotatable bonds is 29. The number of unbranched alkanes of at least 4 members (excludes halogenated alkanes) is 1. The first-order valence-corrected chi connectivity index (χ1v) is 23.5. The second-order valence-electron chi connectivity index (χ2n) is 17.4. The summed E-state index contributed by atoms with van der Waals surface area (Å²) in [6.07, 6.45) is -0.448. The molecule has 8 amide bonds. The Kier molecular flexibility index (Phi) is 22.7. The zero-order valence-electron chi connectivity index (χ0n) is 40.0. The number of nitrogens with one attached hydrogen (secondary N) is 8. The fourth-order valence-corrected chi connectivity index (χ4v) is 7.76. The largest absolute Gasteiger partial charge is 0.481 e. The average Bonchev–Trinajstić information content (AvgIpc) is 3.36. The number of likely N-dealkylation sites (tertiary alicyclic amines) is 1. The number of amides is 8. The number of carboxylic acids is 5. The summed E-state index contributed by atoms with van der Waals surface area (Å²) < 4.78 is 0. The van der Waals surface area contributed by atoms with Crippen LogP contribution >= 0.6 is 0 Å². The van der Waals surface area contributed by atoms with Gasteiger partial charge in [0.05, 0.1) is 12.0 Å². The maximum Gasteiger partial charge on any atom is 0.326 e. The van der Waals surface area contributed by atoms with E-state index in [0.29, 0.717) is 12.8 Å². The number of piperidine rings is 1. The number of carbonyl (C=O) groups is 11. The number of pyridine rings is 1. The number of nitrogens with two attached hydrogens (primary N) is 1. The minimum Gasteiger partial charge on any atom is -0.481 e. The Bertz CT molecular complexity index is 2500. The number of nitrogen functional groups attached to an aromatic ring is 1. The predicted octanol–water partition coefficient (Wildman–Crippen LogP) is -0.0509. The Morgan fingerprint density at radius 1 is 0.622 bits per heavy atom. The van der Waals surface area contributed by atoms with Gasteiger partial charge in [-0.15, -0.1) is 0 Å². The van der Waals surface area contributed by atoms with E-state index in [1.807, 2.05) is 42.5 Å². The third-order valence-corrected chi connectivity index (χ3v) is 11.9. The third kappa shape index (κ3) is 19.5. The van der Waals surface area contributed by atoms with Gasteiger partial charge < -0.3 is 73.1 Å². The quantitative estimate of drug-likeness (QED) is 0.0246. The fraction of sp³-hybridized carbons (Fsp3) is 0.447. The van der Waals surface area contributed by atoms with Crippen LogP contribution in [0.2, 0.25) is 0 Å². The van der Waals surface area contributed by atoms with E-state index in [9.17, 15) is 73.2 Å². The van der Waals surface area contributed by atoms with E-state index in [0.717, 1.165) is 22.5 Å². The molecule has 2 aromatic carbocycles. The Hall–Kier alpha value is -8.62. The first-order valence-electron chi connectivity index (χ1n) is 23.5. The highest BCUT2D eigenvalue weighted by Gasteiger charge is 2.32. The van der Waals surface area contributed by atoms with Gasteiger partial charge in [-0.25, -0.2) is 30.0 Å². The van der Waals surface area contributed by atoms with Crippen molar-refractivity contribution >= 4 is 82.1 Å². The van der Waals surface area contributed by atoms with Gasteiger partial charge in [0, 0.05) is 51.6 Å². The summed E-state index contributed by atoms with van der Waals surface area (Å²) in [4.78, 5) is 142.